The molecular weight excluding hydrogens is 320 g/mol. The van der Waals surface area contributed by atoms with Crippen LogP contribution < -0.4 is 11.2 Å². The molecule has 2 rings (SSSR count). The van der Waals surface area contributed by atoms with Crippen LogP contribution >= 0.6 is 0 Å². The lowest BCUT2D eigenvalue weighted by Gasteiger charge is -2.29. The Balaban J connectivity index is 2.46. The molecule has 134 valence electrons. The number of ether oxygens (including phenoxy) is 4. The third kappa shape index (κ3) is 3.58. The molecule has 0 amide bonds. The van der Waals surface area contributed by atoms with Gasteiger partial charge in [-0.25, -0.2) is 4.79 Å². The lowest BCUT2D eigenvalue weighted by molar-refractivity contribution is -0.171. The van der Waals surface area contributed by atoms with Crippen LogP contribution in [0.2, 0.25) is 0 Å². The van der Waals surface area contributed by atoms with Gasteiger partial charge in [-0.05, 0) is 27.7 Å². The van der Waals surface area contributed by atoms with Crippen LogP contribution in [0, 0.1) is 6.92 Å². The third-order valence-corrected chi connectivity index (χ3v) is 3.85. The number of rotatable bonds is 6. The SMILES string of the molecule is CO[C@H]([C@H]1OC(C)(C)O[C@@H]1n1cc(C)c(=O)[nH]c1=O)[C@H](C)OC=O. The van der Waals surface area contributed by atoms with Crippen molar-refractivity contribution in [3.63, 3.8) is 0 Å². The lowest BCUT2D eigenvalue weighted by atomic mass is 10.1. The first-order valence-electron chi connectivity index (χ1n) is 7.49. The van der Waals surface area contributed by atoms with E-state index in [9.17, 15) is 14.4 Å². The molecule has 1 fully saturated rings. The monoisotopic (exact) mass is 342 g/mol. The maximum atomic E-state index is 12.2. The first-order chi connectivity index (χ1) is 11.2. The molecule has 0 aromatic carbocycles. The van der Waals surface area contributed by atoms with E-state index >= 15 is 0 Å². The average molecular weight is 342 g/mol. The minimum atomic E-state index is -0.990. The van der Waals surface area contributed by atoms with Crippen LogP contribution in [0.25, 0.3) is 0 Å². The van der Waals surface area contributed by atoms with Crippen molar-refractivity contribution in [2.45, 2.75) is 58.0 Å². The summed E-state index contributed by atoms with van der Waals surface area (Å²) < 4.78 is 23.3. The first kappa shape index (κ1) is 18.4. The number of carbonyl (C=O) groups is 1. The van der Waals surface area contributed by atoms with Gasteiger partial charge in [-0.2, -0.15) is 0 Å². The molecule has 0 aliphatic carbocycles. The Bertz CT molecular complexity index is 709. The third-order valence-electron chi connectivity index (χ3n) is 3.85. The number of H-pyrrole nitrogens is 1. The molecule has 0 bridgehead atoms. The minimum absolute atomic E-state index is 0.322. The second-order valence-electron chi connectivity index (χ2n) is 6.11. The molecule has 0 unspecified atom stereocenters. The van der Waals surface area contributed by atoms with E-state index in [4.69, 9.17) is 18.9 Å². The number of aryl methyl sites for hydroxylation is 1. The molecule has 1 saturated heterocycles. The summed E-state index contributed by atoms with van der Waals surface area (Å²) in [7, 11) is 1.45. The fraction of sp³-hybridized carbons (Fsp3) is 0.667. The van der Waals surface area contributed by atoms with Gasteiger partial charge in [-0.1, -0.05) is 0 Å². The second-order valence-corrected chi connectivity index (χ2v) is 6.11. The second kappa shape index (κ2) is 6.88. The predicted octanol–water partition coefficient (Wildman–Crippen LogP) is 0.0716. The summed E-state index contributed by atoms with van der Waals surface area (Å²) in [4.78, 5) is 36.6. The Hall–Kier alpha value is -1.97. The van der Waals surface area contributed by atoms with E-state index in [1.807, 2.05) is 0 Å². The van der Waals surface area contributed by atoms with E-state index in [-0.39, 0.29) is 0 Å². The summed E-state index contributed by atoms with van der Waals surface area (Å²) in [5, 5.41) is 0. The van der Waals surface area contributed by atoms with Crippen molar-refractivity contribution in [2.24, 2.45) is 0 Å². The number of aromatic amines is 1. The average Bonchev–Trinajstić information content (AvgIpc) is 2.79. The molecule has 0 spiro atoms. The summed E-state index contributed by atoms with van der Waals surface area (Å²) in [6.07, 6.45) is -1.49. The van der Waals surface area contributed by atoms with Crippen LogP contribution in [0.5, 0.6) is 0 Å². The van der Waals surface area contributed by atoms with E-state index in [1.165, 1.54) is 17.9 Å². The molecule has 9 nitrogen and oxygen atoms in total. The van der Waals surface area contributed by atoms with E-state index in [1.54, 1.807) is 27.7 Å². The molecule has 0 saturated carbocycles. The largest absolute Gasteiger partial charge is 0.462 e. The van der Waals surface area contributed by atoms with Crippen LogP contribution in [-0.2, 0) is 23.7 Å². The van der Waals surface area contributed by atoms with Crippen molar-refractivity contribution >= 4 is 6.47 Å². The Morgan fingerprint density at radius 1 is 1.38 bits per heavy atom. The van der Waals surface area contributed by atoms with Gasteiger partial charge in [0.25, 0.3) is 12.0 Å². The highest BCUT2D eigenvalue weighted by Gasteiger charge is 2.48. The summed E-state index contributed by atoms with van der Waals surface area (Å²) >= 11 is 0. The van der Waals surface area contributed by atoms with Crippen LogP contribution in [0.4, 0.5) is 0 Å². The highest BCUT2D eigenvalue weighted by Crippen LogP contribution is 2.37. The number of methoxy groups -OCH3 is 1. The number of aromatic nitrogens is 2. The Morgan fingerprint density at radius 3 is 2.62 bits per heavy atom. The highest BCUT2D eigenvalue weighted by atomic mass is 16.8. The Labute approximate surface area is 138 Å². The molecule has 1 aromatic rings. The molecule has 1 aliphatic heterocycles. The summed E-state index contributed by atoms with van der Waals surface area (Å²) in [5.74, 6) is -0.990. The number of carbonyl (C=O) groups excluding carboxylic acids is 1. The Morgan fingerprint density at radius 2 is 2.04 bits per heavy atom. The first-order valence-corrected chi connectivity index (χ1v) is 7.49. The summed E-state index contributed by atoms with van der Waals surface area (Å²) in [6.45, 7) is 6.94. The van der Waals surface area contributed by atoms with E-state index in [0.717, 1.165) is 0 Å². The van der Waals surface area contributed by atoms with Gasteiger partial charge < -0.3 is 18.9 Å². The normalized spacial score (nSPS) is 25.2. The zero-order valence-corrected chi connectivity index (χ0v) is 14.3. The maximum Gasteiger partial charge on any atom is 0.330 e. The van der Waals surface area contributed by atoms with Gasteiger partial charge in [0.2, 0.25) is 0 Å². The van der Waals surface area contributed by atoms with Crippen LogP contribution in [-0.4, -0.2) is 47.2 Å². The Kier molecular flexibility index (Phi) is 5.26. The highest BCUT2D eigenvalue weighted by molar-refractivity contribution is 5.37. The molecule has 1 aliphatic rings. The lowest BCUT2D eigenvalue weighted by Crippen LogP contribution is -2.45. The number of hydrogen-bond donors (Lipinski definition) is 1. The molecule has 0 radical (unpaired) electrons. The van der Waals surface area contributed by atoms with Crippen molar-refractivity contribution in [3.05, 3.63) is 32.6 Å². The number of nitrogens with one attached hydrogen (secondary N) is 1. The van der Waals surface area contributed by atoms with E-state index in [0.29, 0.717) is 12.0 Å². The van der Waals surface area contributed by atoms with Gasteiger partial charge in [-0.15, -0.1) is 0 Å². The molecule has 9 heteroatoms. The van der Waals surface area contributed by atoms with Crippen LogP contribution in [0.1, 0.15) is 32.6 Å². The summed E-state index contributed by atoms with van der Waals surface area (Å²) in [6, 6.07) is 0. The molecule has 1 aromatic heterocycles. The van der Waals surface area contributed by atoms with Gasteiger partial charge in [0.1, 0.15) is 18.3 Å². The minimum Gasteiger partial charge on any atom is -0.462 e. The number of hydrogen-bond acceptors (Lipinski definition) is 7. The zero-order chi connectivity index (χ0) is 18.1. The van der Waals surface area contributed by atoms with Gasteiger partial charge >= 0.3 is 5.69 Å². The molecule has 1 N–H and O–H groups in total. The van der Waals surface area contributed by atoms with Crippen molar-refractivity contribution in [1.29, 1.82) is 0 Å². The van der Waals surface area contributed by atoms with Gasteiger partial charge in [0.15, 0.2) is 12.0 Å². The van der Waals surface area contributed by atoms with E-state index in [2.05, 4.69) is 4.98 Å². The van der Waals surface area contributed by atoms with Crippen molar-refractivity contribution in [1.82, 2.24) is 9.55 Å². The topological polar surface area (TPSA) is 109 Å². The predicted molar refractivity (Wildman–Crippen MR) is 82.5 cm³/mol. The molecule has 2 heterocycles. The zero-order valence-electron chi connectivity index (χ0n) is 14.3. The van der Waals surface area contributed by atoms with Gasteiger partial charge in [0.05, 0.1) is 0 Å². The van der Waals surface area contributed by atoms with E-state index < -0.39 is 41.6 Å². The van der Waals surface area contributed by atoms with Gasteiger partial charge in [0, 0.05) is 18.9 Å². The molecule has 24 heavy (non-hydrogen) atoms. The van der Waals surface area contributed by atoms with Crippen LogP contribution in [0.15, 0.2) is 15.8 Å². The number of nitrogens with zero attached hydrogens (tertiary/aromatic N) is 1. The standard InChI is InChI=1S/C15H22N2O7/c1-8-6-17(14(20)16-12(8)19)13-11(23-15(3,4)24-13)10(21-5)9(2)22-7-18/h6-7,9-11,13H,1-5H3,(H,16,19,20)/t9-,10-,11+,13-/m0/s1. The molecule has 4 atom stereocenters. The van der Waals surface area contributed by atoms with Crippen molar-refractivity contribution < 1.29 is 23.7 Å². The smallest absolute Gasteiger partial charge is 0.330 e. The fourth-order valence-electron chi connectivity index (χ4n) is 2.75. The summed E-state index contributed by atoms with van der Waals surface area (Å²) in [5.41, 5.74) is -0.736. The van der Waals surface area contributed by atoms with Gasteiger partial charge in [-0.3, -0.25) is 19.1 Å². The molecular formula is C15H22N2O7. The maximum absolute atomic E-state index is 12.2. The van der Waals surface area contributed by atoms with Crippen LogP contribution in [0.3, 0.4) is 0 Å². The van der Waals surface area contributed by atoms with Crippen molar-refractivity contribution in [3.8, 4) is 0 Å². The fourth-order valence-corrected chi connectivity index (χ4v) is 2.75. The van der Waals surface area contributed by atoms with Crippen molar-refractivity contribution in [2.75, 3.05) is 7.11 Å². The quantitative estimate of drug-likeness (QED) is 0.729.